The summed E-state index contributed by atoms with van der Waals surface area (Å²) in [6.07, 6.45) is 17.8. The van der Waals surface area contributed by atoms with Gasteiger partial charge in [-0.1, -0.05) is 84.5 Å². The van der Waals surface area contributed by atoms with Crippen molar-refractivity contribution in [1.29, 1.82) is 0 Å². The van der Waals surface area contributed by atoms with Crippen LogP contribution < -0.4 is 0 Å². The monoisotopic (exact) mass is 352 g/mol. The number of rotatable bonds is 14. The average Bonchev–Trinajstić information content (AvgIpc) is 2.45. The third kappa shape index (κ3) is 34.3. The van der Waals surface area contributed by atoms with Gasteiger partial charge in [0.2, 0.25) is 0 Å². The zero-order valence-electron chi connectivity index (χ0n) is 15.0. The summed E-state index contributed by atoms with van der Waals surface area (Å²) in [6, 6.07) is 0. The van der Waals surface area contributed by atoms with Crippen molar-refractivity contribution in [3.8, 4) is 0 Å². The van der Waals surface area contributed by atoms with Gasteiger partial charge >= 0.3 is 0 Å². The molecule has 0 radical (unpaired) electrons. The van der Waals surface area contributed by atoms with Crippen molar-refractivity contribution < 1.29 is 22.6 Å². The van der Waals surface area contributed by atoms with Crippen molar-refractivity contribution in [1.82, 2.24) is 0 Å². The first-order chi connectivity index (χ1) is 10.8. The van der Waals surface area contributed by atoms with Gasteiger partial charge < -0.3 is 14.2 Å². The van der Waals surface area contributed by atoms with Crippen LogP contribution in [0.4, 0.5) is 0 Å². The van der Waals surface area contributed by atoms with Crippen LogP contribution >= 0.6 is 0 Å². The van der Waals surface area contributed by atoms with E-state index in [0.29, 0.717) is 6.61 Å². The number of hydrogen-bond donors (Lipinski definition) is 1. The fraction of sp³-hybridized carbons (Fsp3) is 1.00. The molecular formula is C17H36O5S-2. The molecule has 0 aromatic rings. The molecule has 1 N–H and O–H groups in total. The predicted molar refractivity (Wildman–Crippen MR) is 92.4 cm³/mol. The van der Waals surface area contributed by atoms with Crippen molar-refractivity contribution >= 4 is 10.4 Å². The van der Waals surface area contributed by atoms with Gasteiger partial charge in [0, 0.05) is 17.0 Å². The molecule has 0 spiro atoms. The molecule has 5 nitrogen and oxygen atoms in total. The molecule has 1 atom stereocenters. The molecule has 0 aliphatic heterocycles. The quantitative estimate of drug-likeness (QED) is 0.284. The molecule has 142 valence electrons. The van der Waals surface area contributed by atoms with Crippen molar-refractivity contribution in [2.24, 2.45) is 5.92 Å². The van der Waals surface area contributed by atoms with Gasteiger partial charge in [-0.3, -0.25) is 8.42 Å². The first-order valence-electron chi connectivity index (χ1n) is 9.08. The average molecular weight is 353 g/mol. The largest absolute Gasteiger partial charge is 0.759 e. The Hall–Kier alpha value is -0.170. The van der Waals surface area contributed by atoms with Crippen molar-refractivity contribution in [2.45, 2.75) is 97.3 Å². The molecule has 0 aromatic carbocycles. The highest BCUT2D eigenvalue weighted by atomic mass is 32.3. The van der Waals surface area contributed by atoms with Crippen LogP contribution in [0.5, 0.6) is 0 Å². The summed E-state index contributed by atoms with van der Waals surface area (Å²) < 4.78 is 34.1. The fourth-order valence-corrected chi connectivity index (χ4v) is 2.56. The zero-order valence-corrected chi connectivity index (χ0v) is 15.8. The van der Waals surface area contributed by atoms with E-state index in [1.54, 1.807) is 0 Å². The van der Waals surface area contributed by atoms with Gasteiger partial charge in [-0.25, -0.2) is 0 Å². The Kier molecular flexibility index (Phi) is 19.8. The lowest BCUT2D eigenvalue weighted by atomic mass is 9.97. The van der Waals surface area contributed by atoms with Gasteiger partial charge in [-0.2, -0.15) is 0 Å². The van der Waals surface area contributed by atoms with E-state index in [4.69, 9.17) is 22.6 Å². The van der Waals surface area contributed by atoms with E-state index >= 15 is 0 Å². The minimum atomic E-state index is -5.17. The summed E-state index contributed by atoms with van der Waals surface area (Å²) >= 11 is 0. The van der Waals surface area contributed by atoms with E-state index in [9.17, 15) is 0 Å². The molecule has 23 heavy (non-hydrogen) atoms. The molecule has 0 aromatic heterocycles. The summed E-state index contributed by atoms with van der Waals surface area (Å²) in [5, 5.41) is 8.76. The van der Waals surface area contributed by atoms with Gasteiger partial charge in [0.05, 0.1) is 0 Å². The van der Waals surface area contributed by atoms with Gasteiger partial charge in [0.1, 0.15) is 0 Å². The highest BCUT2D eigenvalue weighted by Gasteiger charge is 2.01. The molecule has 0 fully saturated rings. The van der Waals surface area contributed by atoms with Gasteiger partial charge in [-0.15, -0.1) is 0 Å². The van der Waals surface area contributed by atoms with E-state index in [-0.39, 0.29) is 0 Å². The van der Waals surface area contributed by atoms with Gasteiger partial charge in [0.15, 0.2) is 0 Å². The molecule has 0 heterocycles. The third-order valence-corrected chi connectivity index (χ3v) is 3.91. The highest BCUT2D eigenvalue weighted by molar-refractivity contribution is 7.79. The molecule has 0 aliphatic carbocycles. The minimum Gasteiger partial charge on any atom is -0.759 e. The van der Waals surface area contributed by atoms with Crippen LogP contribution in [0.25, 0.3) is 0 Å². The lowest BCUT2D eigenvalue weighted by Crippen LogP contribution is -1.96. The van der Waals surface area contributed by atoms with Crippen LogP contribution in [-0.4, -0.2) is 29.2 Å². The highest BCUT2D eigenvalue weighted by Crippen LogP contribution is 2.16. The van der Waals surface area contributed by atoms with Crippen LogP contribution in [0.15, 0.2) is 0 Å². The first kappa shape index (κ1) is 25.1. The second kappa shape index (κ2) is 18.2. The maximum atomic E-state index is 8.76. The fourth-order valence-electron chi connectivity index (χ4n) is 2.56. The second-order valence-electron chi connectivity index (χ2n) is 6.35. The van der Waals surface area contributed by atoms with Crippen LogP contribution in [-0.2, 0) is 10.4 Å². The maximum Gasteiger partial charge on any atom is 0.0431 e. The van der Waals surface area contributed by atoms with Crippen molar-refractivity contribution in [3.05, 3.63) is 0 Å². The molecule has 0 saturated carbocycles. The Morgan fingerprint density at radius 2 is 1.13 bits per heavy atom. The van der Waals surface area contributed by atoms with Crippen LogP contribution in [0.2, 0.25) is 0 Å². The molecule has 0 aliphatic rings. The molecule has 0 saturated heterocycles. The molecule has 1 unspecified atom stereocenters. The Morgan fingerprint density at radius 1 is 0.783 bits per heavy atom. The topological polar surface area (TPSA) is 100 Å². The SMILES string of the molecule is CCCCCCCCCCCCC(C)CCCO.O=S(=O)([O-])[O-]. The Bertz CT molecular complexity index is 309. The van der Waals surface area contributed by atoms with Crippen LogP contribution in [0.1, 0.15) is 97.3 Å². The number of unbranched alkanes of at least 4 members (excludes halogenated alkanes) is 9. The van der Waals surface area contributed by atoms with E-state index in [2.05, 4.69) is 13.8 Å². The summed E-state index contributed by atoms with van der Waals surface area (Å²) in [5.41, 5.74) is 0. The van der Waals surface area contributed by atoms with Crippen molar-refractivity contribution in [2.75, 3.05) is 6.61 Å². The third-order valence-electron chi connectivity index (χ3n) is 3.91. The predicted octanol–water partition coefficient (Wildman–Crippen LogP) is 4.37. The normalized spacial score (nSPS) is 12.6. The first-order valence-corrected chi connectivity index (χ1v) is 10.4. The van der Waals surface area contributed by atoms with Gasteiger partial charge in [0.25, 0.3) is 0 Å². The Balaban J connectivity index is 0. The molecule has 6 heteroatoms. The van der Waals surface area contributed by atoms with Gasteiger partial charge in [-0.05, 0) is 18.8 Å². The van der Waals surface area contributed by atoms with Crippen LogP contribution in [0.3, 0.4) is 0 Å². The Morgan fingerprint density at radius 3 is 1.52 bits per heavy atom. The summed E-state index contributed by atoms with van der Waals surface area (Å²) in [7, 11) is -5.17. The van der Waals surface area contributed by atoms with E-state index in [0.717, 1.165) is 12.3 Å². The van der Waals surface area contributed by atoms with E-state index in [1.807, 2.05) is 0 Å². The summed E-state index contributed by atoms with van der Waals surface area (Å²) in [6.45, 7) is 4.97. The van der Waals surface area contributed by atoms with Crippen molar-refractivity contribution in [3.63, 3.8) is 0 Å². The van der Waals surface area contributed by atoms with Crippen LogP contribution in [0, 0.1) is 5.92 Å². The number of hydrogen-bond acceptors (Lipinski definition) is 5. The minimum absolute atomic E-state index is 0.363. The van der Waals surface area contributed by atoms with E-state index in [1.165, 1.54) is 77.0 Å². The molecule has 0 rings (SSSR count). The molecule has 0 amide bonds. The Labute approximate surface area is 143 Å². The molecular weight excluding hydrogens is 316 g/mol. The lowest BCUT2D eigenvalue weighted by Gasteiger charge is -2.09. The smallest absolute Gasteiger partial charge is 0.0431 e. The van der Waals surface area contributed by atoms with E-state index < -0.39 is 10.4 Å². The number of aliphatic hydroxyl groups excluding tert-OH is 1. The molecule has 0 bridgehead atoms. The summed E-state index contributed by atoms with van der Waals surface area (Å²) in [5.74, 6) is 0.811. The summed E-state index contributed by atoms with van der Waals surface area (Å²) in [4.78, 5) is 0. The second-order valence-corrected chi connectivity index (χ2v) is 7.17. The maximum absolute atomic E-state index is 8.76. The standard InChI is InChI=1S/C17H36O.H2O4S/c1-3-4-5-6-7-8-9-10-11-12-14-17(2)15-13-16-18;1-5(2,3)4/h17-18H,3-16H2,1-2H3;(H2,1,2,3,4)/p-2. The number of aliphatic hydroxyl groups is 1. The zero-order chi connectivity index (χ0) is 18.0. The lowest BCUT2D eigenvalue weighted by molar-refractivity contribution is 0.270.